The van der Waals surface area contributed by atoms with Gasteiger partial charge in [-0.2, -0.15) is 13.2 Å². The summed E-state index contributed by atoms with van der Waals surface area (Å²) in [5, 5.41) is 0. The number of amides is 2. The molecule has 1 aliphatic heterocycles. The van der Waals surface area contributed by atoms with Crippen LogP contribution in [0.5, 0.6) is 11.5 Å². The summed E-state index contributed by atoms with van der Waals surface area (Å²) in [5.74, 6) is -1.90. The average Bonchev–Trinajstić information content (AvgIpc) is 2.81. The molecule has 2 rings (SSSR count). The van der Waals surface area contributed by atoms with E-state index >= 15 is 0 Å². The van der Waals surface area contributed by atoms with Gasteiger partial charge in [-0.3, -0.25) is 19.4 Å². The fourth-order valence-electron chi connectivity index (χ4n) is 3.50. The summed E-state index contributed by atoms with van der Waals surface area (Å²) in [4.78, 5) is 40.1. The zero-order chi connectivity index (χ0) is 27.1. The van der Waals surface area contributed by atoms with E-state index in [4.69, 9.17) is 14.2 Å². The van der Waals surface area contributed by atoms with Crippen LogP contribution in [0.15, 0.2) is 24.3 Å². The standard InChI is InChI=1S/C24H32F3N3O6/c1-23(2,3)36-22(33)29-12-10-28(11-13-29)8-6-7-9-30(21(32)24(25,26)27)18-15-20(35-5)19(34-4)14-17(18)16-31/h6-7,14-16H,8-13H2,1-5H3. The molecule has 0 aromatic heterocycles. The number of halogens is 3. The molecular weight excluding hydrogens is 483 g/mol. The molecule has 1 aliphatic rings. The van der Waals surface area contributed by atoms with Crippen molar-refractivity contribution in [3.05, 3.63) is 29.8 Å². The van der Waals surface area contributed by atoms with Crippen LogP contribution in [0.1, 0.15) is 31.1 Å². The molecule has 12 heteroatoms. The number of hydrogen-bond donors (Lipinski definition) is 0. The topological polar surface area (TPSA) is 88.6 Å². The lowest BCUT2D eigenvalue weighted by molar-refractivity contribution is -0.170. The van der Waals surface area contributed by atoms with E-state index in [-0.39, 0.29) is 28.8 Å². The molecule has 36 heavy (non-hydrogen) atoms. The van der Waals surface area contributed by atoms with Crippen molar-refractivity contribution in [3.8, 4) is 11.5 Å². The minimum atomic E-state index is -5.15. The second-order valence-electron chi connectivity index (χ2n) is 9.04. The molecule has 1 saturated heterocycles. The molecule has 1 aromatic rings. The number of aldehydes is 1. The summed E-state index contributed by atoms with van der Waals surface area (Å²) in [6, 6.07) is 2.38. The van der Waals surface area contributed by atoms with Crippen molar-refractivity contribution in [1.82, 2.24) is 9.80 Å². The second-order valence-corrected chi connectivity index (χ2v) is 9.04. The van der Waals surface area contributed by atoms with Crippen LogP contribution < -0.4 is 14.4 Å². The van der Waals surface area contributed by atoms with E-state index in [0.717, 1.165) is 6.07 Å². The van der Waals surface area contributed by atoms with Gasteiger partial charge < -0.3 is 19.1 Å². The summed E-state index contributed by atoms with van der Waals surface area (Å²) in [6.07, 6.45) is -2.13. The van der Waals surface area contributed by atoms with Crippen LogP contribution in [0.4, 0.5) is 23.7 Å². The number of alkyl halides is 3. The second kappa shape index (κ2) is 12.1. The molecule has 0 spiro atoms. The molecule has 0 radical (unpaired) electrons. The number of carbonyl (C=O) groups is 3. The Morgan fingerprint density at radius 2 is 1.58 bits per heavy atom. The first-order chi connectivity index (χ1) is 16.8. The van der Waals surface area contributed by atoms with Crippen molar-refractivity contribution in [2.75, 3.05) is 58.4 Å². The Bertz CT molecular complexity index is 967. The highest BCUT2D eigenvalue weighted by Gasteiger charge is 2.43. The fraction of sp³-hybridized carbons (Fsp3) is 0.542. The molecule has 0 saturated carbocycles. The third-order valence-electron chi connectivity index (χ3n) is 5.28. The first-order valence-electron chi connectivity index (χ1n) is 11.3. The molecule has 1 aromatic carbocycles. The molecule has 0 atom stereocenters. The highest BCUT2D eigenvalue weighted by molar-refractivity contribution is 6.02. The van der Waals surface area contributed by atoms with Crippen LogP contribution in [-0.4, -0.2) is 93.4 Å². The lowest BCUT2D eigenvalue weighted by atomic mass is 10.1. The Labute approximate surface area is 208 Å². The zero-order valence-corrected chi connectivity index (χ0v) is 21.1. The Balaban J connectivity index is 2.10. The Hall–Kier alpha value is -3.28. The number of ether oxygens (including phenoxy) is 3. The van der Waals surface area contributed by atoms with Gasteiger partial charge in [0, 0.05) is 50.9 Å². The third-order valence-corrected chi connectivity index (χ3v) is 5.28. The summed E-state index contributed by atoms with van der Waals surface area (Å²) in [5.41, 5.74) is -0.994. The molecule has 1 heterocycles. The molecular formula is C24H32F3N3O6. The number of methoxy groups -OCH3 is 2. The Morgan fingerprint density at radius 1 is 1.00 bits per heavy atom. The predicted molar refractivity (Wildman–Crippen MR) is 127 cm³/mol. The molecule has 0 aliphatic carbocycles. The Morgan fingerprint density at radius 3 is 2.08 bits per heavy atom. The van der Waals surface area contributed by atoms with E-state index in [1.165, 1.54) is 26.4 Å². The smallest absolute Gasteiger partial charge is 0.471 e. The van der Waals surface area contributed by atoms with Crippen molar-refractivity contribution in [2.24, 2.45) is 0 Å². The van der Waals surface area contributed by atoms with Crippen LogP contribution in [0, 0.1) is 0 Å². The molecule has 0 N–H and O–H groups in total. The first-order valence-corrected chi connectivity index (χ1v) is 11.3. The summed E-state index contributed by atoms with van der Waals surface area (Å²) >= 11 is 0. The largest absolute Gasteiger partial charge is 0.493 e. The maximum Gasteiger partial charge on any atom is 0.471 e. The molecule has 0 bridgehead atoms. The summed E-state index contributed by atoms with van der Waals surface area (Å²) < 4.78 is 55.6. The van der Waals surface area contributed by atoms with Crippen molar-refractivity contribution in [2.45, 2.75) is 32.5 Å². The van der Waals surface area contributed by atoms with Gasteiger partial charge in [0.15, 0.2) is 17.8 Å². The van der Waals surface area contributed by atoms with Gasteiger partial charge in [-0.05, 0) is 26.8 Å². The monoisotopic (exact) mass is 515 g/mol. The summed E-state index contributed by atoms with van der Waals surface area (Å²) in [7, 11) is 2.61. The van der Waals surface area contributed by atoms with Gasteiger partial charge in [-0.15, -0.1) is 0 Å². The van der Waals surface area contributed by atoms with Crippen molar-refractivity contribution in [1.29, 1.82) is 0 Å². The molecule has 2 amide bonds. The van der Waals surface area contributed by atoms with Gasteiger partial charge in [-0.1, -0.05) is 12.2 Å². The molecule has 200 valence electrons. The van der Waals surface area contributed by atoms with Crippen LogP contribution in [0.25, 0.3) is 0 Å². The SMILES string of the molecule is COc1cc(C=O)c(N(CC=CCN2CCN(C(=O)OC(C)(C)C)CC2)C(=O)C(F)(F)F)cc1OC. The van der Waals surface area contributed by atoms with Gasteiger partial charge >= 0.3 is 18.2 Å². The Kier molecular flexibility index (Phi) is 9.74. The van der Waals surface area contributed by atoms with Crippen LogP contribution >= 0.6 is 0 Å². The van der Waals surface area contributed by atoms with E-state index < -0.39 is 24.2 Å². The number of anilines is 1. The predicted octanol–water partition coefficient (Wildman–Crippen LogP) is 3.52. The molecule has 9 nitrogen and oxygen atoms in total. The van der Waals surface area contributed by atoms with Crippen molar-refractivity contribution < 1.29 is 41.8 Å². The highest BCUT2D eigenvalue weighted by atomic mass is 19.4. The number of nitrogens with zero attached hydrogens (tertiary/aromatic N) is 3. The van der Waals surface area contributed by atoms with Gasteiger partial charge in [-0.25, -0.2) is 4.79 Å². The quantitative estimate of drug-likeness (QED) is 0.387. The van der Waals surface area contributed by atoms with Crippen LogP contribution in [-0.2, 0) is 9.53 Å². The van der Waals surface area contributed by atoms with Crippen molar-refractivity contribution >= 4 is 24.0 Å². The van der Waals surface area contributed by atoms with E-state index in [1.54, 1.807) is 31.7 Å². The number of piperazine rings is 1. The van der Waals surface area contributed by atoms with Crippen LogP contribution in [0.2, 0.25) is 0 Å². The van der Waals surface area contributed by atoms with Gasteiger partial charge in [0.05, 0.1) is 19.9 Å². The molecule has 0 unspecified atom stereocenters. The summed E-state index contributed by atoms with van der Waals surface area (Å²) in [6.45, 7) is 7.37. The van der Waals surface area contributed by atoms with Gasteiger partial charge in [0.1, 0.15) is 5.60 Å². The lowest BCUT2D eigenvalue weighted by Crippen LogP contribution is -2.49. The minimum absolute atomic E-state index is 0.0740. The average molecular weight is 516 g/mol. The number of carbonyl (C=O) groups excluding carboxylic acids is 3. The van der Waals surface area contributed by atoms with Gasteiger partial charge in [0.2, 0.25) is 0 Å². The van der Waals surface area contributed by atoms with E-state index in [2.05, 4.69) is 0 Å². The molecule has 1 fully saturated rings. The maximum absolute atomic E-state index is 13.3. The lowest BCUT2D eigenvalue weighted by Gasteiger charge is -2.35. The van der Waals surface area contributed by atoms with E-state index in [0.29, 0.717) is 43.9 Å². The van der Waals surface area contributed by atoms with Crippen LogP contribution in [0.3, 0.4) is 0 Å². The fourth-order valence-corrected chi connectivity index (χ4v) is 3.50. The number of rotatable bonds is 8. The van der Waals surface area contributed by atoms with Crippen molar-refractivity contribution in [3.63, 3.8) is 0 Å². The highest BCUT2D eigenvalue weighted by Crippen LogP contribution is 2.36. The first kappa shape index (κ1) is 29.0. The maximum atomic E-state index is 13.3. The van der Waals surface area contributed by atoms with Gasteiger partial charge in [0.25, 0.3) is 0 Å². The zero-order valence-electron chi connectivity index (χ0n) is 21.1. The van der Waals surface area contributed by atoms with E-state index in [1.807, 2.05) is 4.90 Å². The minimum Gasteiger partial charge on any atom is -0.493 e. The van der Waals surface area contributed by atoms with E-state index in [9.17, 15) is 27.6 Å². The normalized spacial score (nSPS) is 15.1. The number of benzene rings is 1. The third kappa shape index (κ3) is 7.87. The number of hydrogen-bond acceptors (Lipinski definition) is 7.